The number of amides is 3. The second-order valence-electron chi connectivity index (χ2n) is 5.43. The van der Waals surface area contributed by atoms with Crippen LogP contribution in [0.15, 0.2) is 30.3 Å². The van der Waals surface area contributed by atoms with Gasteiger partial charge in [-0.2, -0.15) is 0 Å². The molecular weight excluding hydrogens is 296 g/mol. The summed E-state index contributed by atoms with van der Waals surface area (Å²) in [6.45, 7) is 2.77. The summed E-state index contributed by atoms with van der Waals surface area (Å²) in [6.07, 6.45) is 0. The molecule has 7 nitrogen and oxygen atoms in total. The van der Waals surface area contributed by atoms with Crippen LogP contribution in [0.1, 0.15) is 10.4 Å². The van der Waals surface area contributed by atoms with Crippen LogP contribution in [0.2, 0.25) is 0 Å². The van der Waals surface area contributed by atoms with E-state index in [0.717, 1.165) is 13.1 Å². The van der Waals surface area contributed by atoms with Gasteiger partial charge >= 0.3 is 0 Å². The lowest BCUT2D eigenvalue weighted by Gasteiger charge is -2.29. The molecule has 1 aromatic rings. The standard InChI is InChI=1S/C16H22N4O3/c1-19(12-15(22)20-9-7-17-8-10-20)14(21)11-18-16(23)13-5-3-2-4-6-13/h2-6,17H,7-12H2,1H3,(H,18,23). The molecule has 0 aromatic heterocycles. The van der Waals surface area contributed by atoms with Gasteiger partial charge in [-0.05, 0) is 12.1 Å². The van der Waals surface area contributed by atoms with E-state index in [-0.39, 0.29) is 30.8 Å². The maximum absolute atomic E-state index is 12.1. The van der Waals surface area contributed by atoms with E-state index < -0.39 is 0 Å². The molecule has 7 heteroatoms. The van der Waals surface area contributed by atoms with Gasteiger partial charge in [0.2, 0.25) is 11.8 Å². The van der Waals surface area contributed by atoms with Gasteiger partial charge in [0.1, 0.15) is 0 Å². The molecule has 1 aromatic carbocycles. The quantitative estimate of drug-likeness (QED) is 0.753. The molecule has 1 aliphatic heterocycles. The zero-order valence-electron chi connectivity index (χ0n) is 13.2. The van der Waals surface area contributed by atoms with E-state index in [1.165, 1.54) is 4.90 Å². The molecule has 0 atom stereocenters. The van der Waals surface area contributed by atoms with E-state index in [9.17, 15) is 14.4 Å². The minimum Gasteiger partial charge on any atom is -0.343 e. The predicted molar refractivity (Wildman–Crippen MR) is 85.9 cm³/mol. The van der Waals surface area contributed by atoms with Crippen LogP contribution < -0.4 is 10.6 Å². The summed E-state index contributed by atoms with van der Waals surface area (Å²) in [6, 6.07) is 8.69. The maximum atomic E-state index is 12.1. The Morgan fingerprint density at radius 2 is 1.83 bits per heavy atom. The first-order valence-corrected chi connectivity index (χ1v) is 7.63. The first-order valence-electron chi connectivity index (χ1n) is 7.63. The molecule has 0 bridgehead atoms. The highest BCUT2D eigenvalue weighted by atomic mass is 16.2. The van der Waals surface area contributed by atoms with Gasteiger partial charge in [-0.1, -0.05) is 18.2 Å². The summed E-state index contributed by atoms with van der Waals surface area (Å²) in [5, 5.41) is 5.74. The fourth-order valence-electron chi connectivity index (χ4n) is 2.29. The molecule has 23 heavy (non-hydrogen) atoms. The van der Waals surface area contributed by atoms with E-state index in [1.54, 1.807) is 36.2 Å². The van der Waals surface area contributed by atoms with Crippen LogP contribution in [-0.2, 0) is 9.59 Å². The Labute approximate surface area is 135 Å². The van der Waals surface area contributed by atoms with Crippen LogP contribution in [0.4, 0.5) is 0 Å². The Kier molecular flexibility index (Phi) is 6.10. The van der Waals surface area contributed by atoms with Crippen LogP contribution in [0.3, 0.4) is 0 Å². The highest BCUT2D eigenvalue weighted by Gasteiger charge is 2.20. The monoisotopic (exact) mass is 318 g/mol. The molecule has 2 rings (SSSR count). The molecule has 2 N–H and O–H groups in total. The molecule has 0 radical (unpaired) electrons. The van der Waals surface area contributed by atoms with Crippen molar-refractivity contribution in [3.63, 3.8) is 0 Å². The fraction of sp³-hybridized carbons (Fsp3) is 0.438. The minimum absolute atomic E-state index is 0.0278. The fourth-order valence-corrected chi connectivity index (χ4v) is 2.29. The highest BCUT2D eigenvalue weighted by molar-refractivity contribution is 5.96. The third-order valence-electron chi connectivity index (χ3n) is 3.70. The van der Waals surface area contributed by atoms with E-state index in [2.05, 4.69) is 10.6 Å². The van der Waals surface area contributed by atoms with Crippen molar-refractivity contribution < 1.29 is 14.4 Å². The second kappa shape index (κ2) is 8.28. The largest absolute Gasteiger partial charge is 0.343 e. The Hall–Kier alpha value is -2.41. The number of carbonyl (C=O) groups is 3. The number of rotatable bonds is 5. The first kappa shape index (κ1) is 17.0. The lowest BCUT2D eigenvalue weighted by atomic mass is 10.2. The molecule has 3 amide bonds. The molecule has 124 valence electrons. The normalized spacial score (nSPS) is 14.2. The third-order valence-corrected chi connectivity index (χ3v) is 3.70. The Bertz CT molecular complexity index is 556. The molecule has 1 heterocycles. The number of piperazine rings is 1. The van der Waals surface area contributed by atoms with Gasteiger partial charge in [0.05, 0.1) is 13.1 Å². The molecule has 1 aliphatic rings. The molecule has 1 fully saturated rings. The van der Waals surface area contributed by atoms with E-state index in [1.807, 2.05) is 6.07 Å². The molecule has 1 saturated heterocycles. The smallest absolute Gasteiger partial charge is 0.251 e. The molecular formula is C16H22N4O3. The summed E-state index contributed by atoms with van der Waals surface area (Å²) in [7, 11) is 1.57. The highest BCUT2D eigenvalue weighted by Crippen LogP contribution is 1.98. The average Bonchev–Trinajstić information content (AvgIpc) is 2.60. The summed E-state index contributed by atoms with van der Waals surface area (Å²) >= 11 is 0. The predicted octanol–water partition coefficient (Wildman–Crippen LogP) is -0.693. The maximum Gasteiger partial charge on any atom is 0.251 e. The van der Waals surface area contributed by atoms with Crippen LogP contribution in [0, 0.1) is 0 Å². The van der Waals surface area contributed by atoms with Crippen molar-refractivity contribution in [3.05, 3.63) is 35.9 Å². The van der Waals surface area contributed by atoms with Gasteiger partial charge in [0.25, 0.3) is 5.91 Å². The third kappa shape index (κ3) is 5.07. The number of likely N-dealkylation sites (N-methyl/N-ethyl adjacent to an activating group) is 1. The van der Waals surface area contributed by atoms with Crippen molar-refractivity contribution in [1.29, 1.82) is 0 Å². The molecule has 0 saturated carbocycles. The number of benzene rings is 1. The number of nitrogens with zero attached hydrogens (tertiary/aromatic N) is 2. The van der Waals surface area contributed by atoms with Gasteiger partial charge < -0.3 is 20.4 Å². The van der Waals surface area contributed by atoms with Crippen molar-refractivity contribution in [2.75, 3.05) is 46.3 Å². The average molecular weight is 318 g/mol. The number of carbonyl (C=O) groups excluding carboxylic acids is 3. The SMILES string of the molecule is CN(CC(=O)N1CCNCC1)C(=O)CNC(=O)c1ccccc1. The van der Waals surface area contributed by atoms with Crippen molar-refractivity contribution >= 4 is 17.7 Å². The Morgan fingerprint density at radius 1 is 1.17 bits per heavy atom. The van der Waals surface area contributed by atoms with E-state index >= 15 is 0 Å². The van der Waals surface area contributed by atoms with Gasteiger partial charge in [0.15, 0.2) is 0 Å². The molecule has 0 aliphatic carbocycles. The van der Waals surface area contributed by atoms with E-state index in [4.69, 9.17) is 0 Å². The first-order chi connectivity index (χ1) is 11.1. The van der Waals surface area contributed by atoms with Crippen molar-refractivity contribution in [1.82, 2.24) is 20.4 Å². The summed E-state index contributed by atoms with van der Waals surface area (Å²) in [5.41, 5.74) is 0.500. The van der Waals surface area contributed by atoms with Crippen molar-refractivity contribution in [2.45, 2.75) is 0 Å². The number of hydrogen-bond acceptors (Lipinski definition) is 4. The van der Waals surface area contributed by atoms with Crippen molar-refractivity contribution in [3.8, 4) is 0 Å². The van der Waals surface area contributed by atoms with Gasteiger partial charge in [0, 0.05) is 38.8 Å². The lowest BCUT2D eigenvalue weighted by Crippen LogP contribution is -2.50. The van der Waals surface area contributed by atoms with Gasteiger partial charge in [-0.25, -0.2) is 0 Å². The van der Waals surface area contributed by atoms with E-state index in [0.29, 0.717) is 18.7 Å². The van der Waals surface area contributed by atoms with Crippen LogP contribution in [0.5, 0.6) is 0 Å². The zero-order chi connectivity index (χ0) is 16.7. The topological polar surface area (TPSA) is 81.8 Å². The second-order valence-corrected chi connectivity index (χ2v) is 5.43. The van der Waals surface area contributed by atoms with Crippen LogP contribution >= 0.6 is 0 Å². The molecule has 0 spiro atoms. The van der Waals surface area contributed by atoms with Crippen molar-refractivity contribution in [2.24, 2.45) is 0 Å². The van der Waals surface area contributed by atoms with Crippen LogP contribution in [0.25, 0.3) is 0 Å². The Balaban J connectivity index is 1.76. The van der Waals surface area contributed by atoms with Gasteiger partial charge in [-0.3, -0.25) is 14.4 Å². The zero-order valence-corrected chi connectivity index (χ0v) is 13.2. The number of nitrogens with one attached hydrogen (secondary N) is 2. The van der Waals surface area contributed by atoms with Crippen LogP contribution in [-0.4, -0.2) is 73.8 Å². The minimum atomic E-state index is -0.305. The molecule has 0 unspecified atom stereocenters. The summed E-state index contributed by atoms with van der Waals surface area (Å²) in [4.78, 5) is 39.1. The van der Waals surface area contributed by atoms with Gasteiger partial charge in [-0.15, -0.1) is 0 Å². The summed E-state index contributed by atoms with van der Waals surface area (Å²) in [5.74, 6) is -0.671. The Morgan fingerprint density at radius 3 is 2.48 bits per heavy atom. The lowest BCUT2D eigenvalue weighted by molar-refractivity contribution is -0.139. The summed E-state index contributed by atoms with van der Waals surface area (Å²) < 4.78 is 0. The number of hydrogen-bond donors (Lipinski definition) is 2.